The third-order valence-electron chi connectivity index (χ3n) is 4.11. The van der Waals surface area contributed by atoms with Gasteiger partial charge in [-0.05, 0) is 56.0 Å². The molecule has 1 saturated carbocycles. The van der Waals surface area contributed by atoms with Gasteiger partial charge in [-0.15, -0.1) is 0 Å². The summed E-state index contributed by atoms with van der Waals surface area (Å²) in [6.45, 7) is 3.44. The van der Waals surface area contributed by atoms with Gasteiger partial charge in [-0.25, -0.2) is 4.39 Å². The molecule has 0 radical (unpaired) electrons. The molecule has 19 heavy (non-hydrogen) atoms. The lowest BCUT2D eigenvalue weighted by atomic mass is 9.85. The highest BCUT2D eigenvalue weighted by molar-refractivity contribution is 5.26. The zero-order chi connectivity index (χ0) is 13.7. The summed E-state index contributed by atoms with van der Waals surface area (Å²) in [7, 11) is 0. The van der Waals surface area contributed by atoms with Crippen molar-refractivity contribution in [1.29, 1.82) is 0 Å². The summed E-state index contributed by atoms with van der Waals surface area (Å²) in [5, 5.41) is 13.7. The van der Waals surface area contributed by atoms with Gasteiger partial charge in [0.1, 0.15) is 5.82 Å². The molecule has 0 unspecified atom stereocenters. The van der Waals surface area contributed by atoms with Crippen LogP contribution in [0.4, 0.5) is 4.39 Å². The molecule has 0 saturated heterocycles. The van der Waals surface area contributed by atoms with Crippen LogP contribution in [0.2, 0.25) is 0 Å². The van der Waals surface area contributed by atoms with Crippen LogP contribution in [0, 0.1) is 12.7 Å². The largest absolute Gasteiger partial charge is 0.389 e. The Morgan fingerprint density at radius 3 is 2.68 bits per heavy atom. The van der Waals surface area contributed by atoms with Crippen LogP contribution in [0.3, 0.4) is 0 Å². The molecule has 0 amide bonds. The maximum Gasteiger partial charge on any atom is 0.123 e. The lowest BCUT2D eigenvalue weighted by Gasteiger charge is -2.32. The van der Waals surface area contributed by atoms with Crippen LogP contribution in [-0.2, 0) is 6.42 Å². The molecular weight excluding hydrogens is 241 g/mol. The molecule has 106 valence electrons. The third kappa shape index (κ3) is 4.29. The van der Waals surface area contributed by atoms with E-state index in [2.05, 4.69) is 5.32 Å². The van der Waals surface area contributed by atoms with Gasteiger partial charge in [-0.1, -0.05) is 25.3 Å². The number of aryl methyl sites for hydroxylation is 1. The van der Waals surface area contributed by atoms with Crippen molar-refractivity contribution in [3.05, 3.63) is 35.1 Å². The van der Waals surface area contributed by atoms with Gasteiger partial charge < -0.3 is 10.4 Å². The minimum Gasteiger partial charge on any atom is -0.389 e. The Kier molecular flexibility index (Phi) is 4.94. The fourth-order valence-corrected chi connectivity index (χ4v) is 2.87. The first-order chi connectivity index (χ1) is 9.09. The van der Waals surface area contributed by atoms with Crippen molar-refractivity contribution < 1.29 is 9.50 Å². The topological polar surface area (TPSA) is 32.3 Å². The Morgan fingerprint density at radius 1 is 1.26 bits per heavy atom. The zero-order valence-electron chi connectivity index (χ0n) is 11.7. The minimum absolute atomic E-state index is 0.175. The summed E-state index contributed by atoms with van der Waals surface area (Å²) in [6.07, 6.45) is 6.22. The summed E-state index contributed by atoms with van der Waals surface area (Å²) in [4.78, 5) is 0. The smallest absolute Gasteiger partial charge is 0.123 e. The van der Waals surface area contributed by atoms with Crippen LogP contribution in [0.15, 0.2) is 18.2 Å². The first-order valence-electron chi connectivity index (χ1n) is 7.27. The van der Waals surface area contributed by atoms with Crippen molar-refractivity contribution in [2.75, 3.05) is 13.1 Å². The Bertz CT molecular complexity index is 413. The van der Waals surface area contributed by atoms with Crippen LogP contribution >= 0.6 is 0 Å². The molecule has 1 fully saturated rings. The number of hydrogen-bond donors (Lipinski definition) is 2. The van der Waals surface area contributed by atoms with Crippen molar-refractivity contribution in [2.45, 2.75) is 51.0 Å². The van der Waals surface area contributed by atoms with Gasteiger partial charge in [-0.3, -0.25) is 0 Å². The maximum absolute atomic E-state index is 13.0. The number of halogens is 1. The summed E-state index contributed by atoms with van der Waals surface area (Å²) in [5.74, 6) is -0.175. The Hall–Kier alpha value is -0.930. The highest BCUT2D eigenvalue weighted by atomic mass is 19.1. The third-order valence-corrected chi connectivity index (χ3v) is 4.11. The van der Waals surface area contributed by atoms with Gasteiger partial charge in [0, 0.05) is 6.54 Å². The normalized spacial score (nSPS) is 18.5. The Labute approximate surface area is 115 Å². The van der Waals surface area contributed by atoms with Crippen LogP contribution in [-0.4, -0.2) is 23.8 Å². The summed E-state index contributed by atoms with van der Waals surface area (Å²) in [5.41, 5.74) is 1.67. The second-order valence-corrected chi connectivity index (χ2v) is 5.78. The molecule has 2 rings (SSSR count). The van der Waals surface area contributed by atoms with Crippen molar-refractivity contribution in [1.82, 2.24) is 5.32 Å². The molecule has 1 aliphatic carbocycles. The van der Waals surface area contributed by atoms with E-state index in [9.17, 15) is 9.50 Å². The highest BCUT2D eigenvalue weighted by Gasteiger charge is 2.28. The molecule has 0 aliphatic heterocycles. The minimum atomic E-state index is -0.504. The molecule has 0 atom stereocenters. The Morgan fingerprint density at radius 2 is 2.00 bits per heavy atom. The molecule has 0 aromatic heterocycles. The van der Waals surface area contributed by atoms with Gasteiger partial charge in [0.25, 0.3) is 0 Å². The Balaban J connectivity index is 1.74. The van der Waals surface area contributed by atoms with Crippen molar-refractivity contribution in [2.24, 2.45) is 0 Å². The average Bonchev–Trinajstić information content (AvgIpc) is 2.37. The van der Waals surface area contributed by atoms with Gasteiger partial charge in [-0.2, -0.15) is 0 Å². The van der Waals surface area contributed by atoms with Crippen molar-refractivity contribution >= 4 is 0 Å². The fraction of sp³-hybridized carbons (Fsp3) is 0.625. The van der Waals surface area contributed by atoms with Crippen LogP contribution in [0.25, 0.3) is 0 Å². The maximum atomic E-state index is 13.0. The quantitative estimate of drug-likeness (QED) is 0.802. The number of benzene rings is 1. The van der Waals surface area contributed by atoms with Crippen LogP contribution in [0.1, 0.15) is 43.2 Å². The average molecular weight is 265 g/mol. The summed E-state index contributed by atoms with van der Waals surface area (Å²) < 4.78 is 13.0. The van der Waals surface area contributed by atoms with E-state index in [4.69, 9.17) is 0 Å². The van der Waals surface area contributed by atoms with Crippen molar-refractivity contribution in [3.8, 4) is 0 Å². The van der Waals surface area contributed by atoms with E-state index in [0.717, 1.165) is 44.2 Å². The standard InChI is InChI=1S/C16H24FNO/c1-13-11-15(17)6-5-14(13)7-10-18-12-16(19)8-3-2-4-9-16/h5-6,11,18-19H,2-4,7-10,12H2,1H3. The predicted octanol–water partition coefficient (Wildman–Crippen LogP) is 2.96. The number of hydrogen-bond acceptors (Lipinski definition) is 2. The van der Waals surface area contributed by atoms with Gasteiger partial charge >= 0.3 is 0 Å². The molecule has 1 aliphatic rings. The van der Waals surface area contributed by atoms with E-state index in [0.29, 0.717) is 6.54 Å². The van der Waals surface area contributed by atoms with E-state index >= 15 is 0 Å². The van der Waals surface area contributed by atoms with Crippen molar-refractivity contribution in [3.63, 3.8) is 0 Å². The van der Waals surface area contributed by atoms with E-state index in [1.807, 2.05) is 13.0 Å². The first-order valence-corrected chi connectivity index (χ1v) is 7.27. The number of aliphatic hydroxyl groups is 1. The van der Waals surface area contributed by atoms with E-state index in [1.54, 1.807) is 6.07 Å². The number of rotatable bonds is 5. The molecule has 1 aromatic rings. The zero-order valence-corrected chi connectivity index (χ0v) is 11.7. The molecule has 1 aromatic carbocycles. The lowest BCUT2D eigenvalue weighted by molar-refractivity contribution is 0.00517. The van der Waals surface area contributed by atoms with E-state index in [1.165, 1.54) is 18.1 Å². The molecular formula is C16H24FNO. The summed E-state index contributed by atoms with van der Waals surface area (Å²) >= 11 is 0. The number of nitrogens with one attached hydrogen (secondary N) is 1. The fourth-order valence-electron chi connectivity index (χ4n) is 2.87. The molecule has 2 N–H and O–H groups in total. The molecule has 0 bridgehead atoms. The lowest BCUT2D eigenvalue weighted by Crippen LogP contribution is -2.42. The molecule has 0 spiro atoms. The molecule has 3 heteroatoms. The van der Waals surface area contributed by atoms with Gasteiger partial charge in [0.2, 0.25) is 0 Å². The first kappa shape index (κ1) is 14.5. The molecule has 0 heterocycles. The van der Waals surface area contributed by atoms with Gasteiger partial charge in [0.05, 0.1) is 5.60 Å². The van der Waals surface area contributed by atoms with E-state index in [-0.39, 0.29) is 5.82 Å². The summed E-state index contributed by atoms with van der Waals surface area (Å²) in [6, 6.07) is 4.93. The monoisotopic (exact) mass is 265 g/mol. The van der Waals surface area contributed by atoms with Crippen LogP contribution in [0.5, 0.6) is 0 Å². The molecule has 2 nitrogen and oxygen atoms in total. The van der Waals surface area contributed by atoms with Gasteiger partial charge in [0.15, 0.2) is 0 Å². The second kappa shape index (κ2) is 6.49. The second-order valence-electron chi connectivity index (χ2n) is 5.78. The SMILES string of the molecule is Cc1cc(F)ccc1CCNCC1(O)CCCCC1. The predicted molar refractivity (Wildman–Crippen MR) is 75.7 cm³/mol. The van der Waals surface area contributed by atoms with Crippen LogP contribution < -0.4 is 5.32 Å². The van der Waals surface area contributed by atoms with E-state index < -0.39 is 5.60 Å². The highest BCUT2D eigenvalue weighted by Crippen LogP contribution is 2.27.